The first kappa shape index (κ1) is 22.7. The first-order valence-electron chi connectivity index (χ1n) is 8.75. The second-order valence-corrected chi connectivity index (χ2v) is 6.86. The maximum atomic E-state index is 12.1. The van der Waals surface area contributed by atoms with Gasteiger partial charge in [-0.1, -0.05) is 6.07 Å². The first-order valence-corrected chi connectivity index (χ1v) is 9.63. The second kappa shape index (κ2) is 11.4. The Kier molecular flexibility index (Phi) is 8.63. The van der Waals surface area contributed by atoms with E-state index < -0.39 is 30.4 Å². The summed E-state index contributed by atoms with van der Waals surface area (Å²) in [6, 6.07) is 7.28. The Balaban J connectivity index is 1.77. The molecule has 2 rings (SSSR count). The molecular weight excluding hydrogens is 414 g/mol. The summed E-state index contributed by atoms with van der Waals surface area (Å²) in [6.45, 7) is -0.626. The summed E-state index contributed by atoms with van der Waals surface area (Å²) in [5.74, 6) is -1.85. The van der Waals surface area contributed by atoms with E-state index in [-0.39, 0.29) is 23.7 Å². The lowest BCUT2D eigenvalue weighted by molar-refractivity contribution is -0.123. The third-order valence-corrected chi connectivity index (χ3v) is 4.53. The summed E-state index contributed by atoms with van der Waals surface area (Å²) in [5, 5.41) is 6.55. The molecule has 4 N–H and O–H groups in total. The van der Waals surface area contributed by atoms with Crippen molar-refractivity contribution in [2.45, 2.75) is 6.42 Å². The largest absolute Gasteiger partial charge is 0.493 e. The third kappa shape index (κ3) is 7.43. The van der Waals surface area contributed by atoms with Crippen LogP contribution in [-0.2, 0) is 20.7 Å². The minimum atomic E-state index is -0.803. The van der Waals surface area contributed by atoms with Crippen LogP contribution in [0.3, 0.4) is 0 Å². The van der Waals surface area contributed by atoms with E-state index in [0.29, 0.717) is 13.0 Å². The monoisotopic (exact) mass is 435 g/mol. The SMILES string of the molecule is COc1cc(C(=O)OCC(=O)NC(=O)NCCc2cccs2)ccc1OCC(N)=O. The van der Waals surface area contributed by atoms with Crippen molar-refractivity contribution in [3.05, 3.63) is 46.2 Å². The van der Waals surface area contributed by atoms with Crippen LogP contribution in [0.2, 0.25) is 0 Å². The van der Waals surface area contributed by atoms with E-state index in [9.17, 15) is 19.2 Å². The number of rotatable bonds is 10. The van der Waals surface area contributed by atoms with Crippen LogP contribution < -0.4 is 25.8 Å². The molecule has 2 aromatic rings. The number of nitrogens with two attached hydrogens (primary N) is 1. The Morgan fingerprint density at radius 1 is 1.10 bits per heavy atom. The number of urea groups is 1. The molecule has 0 spiro atoms. The lowest BCUT2D eigenvalue weighted by Gasteiger charge is -2.11. The smallest absolute Gasteiger partial charge is 0.338 e. The van der Waals surface area contributed by atoms with E-state index in [0.717, 1.165) is 4.88 Å². The molecule has 0 atom stereocenters. The van der Waals surface area contributed by atoms with Gasteiger partial charge in [-0.25, -0.2) is 9.59 Å². The molecule has 0 saturated carbocycles. The Morgan fingerprint density at radius 2 is 1.90 bits per heavy atom. The van der Waals surface area contributed by atoms with Crippen molar-refractivity contribution in [3.8, 4) is 11.5 Å². The number of hydrogen-bond acceptors (Lipinski definition) is 8. The fourth-order valence-corrected chi connectivity index (χ4v) is 2.95. The lowest BCUT2D eigenvalue weighted by atomic mass is 10.2. The highest BCUT2D eigenvalue weighted by Gasteiger charge is 2.15. The average Bonchev–Trinajstić information content (AvgIpc) is 3.23. The van der Waals surface area contributed by atoms with Crippen LogP contribution >= 0.6 is 11.3 Å². The molecule has 30 heavy (non-hydrogen) atoms. The zero-order chi connectivity index (χ0) is 21.9. The van der Waals surface area contributed by atoms with E-state index >= 15 is 0 Å². The predicted octanol–water partition coefficient (Wildman–Crippen LogP) is 0.846. The van der Waals surface area contributed by atoms with Crippen molar-refractivity contribution < 1.29 is 33.4 Å². The highest BCUT2D eigenvalue weighted by Crippen LogP contribution is 2.28. The standard InChI is InChI=1S/C19H21N3O7S/c1-27-15-9-12(4-5-14(15)28-10-16(20)23)18(25)29-11-17(24)22-19(26)21-7-6-13-3-2-8-30-13/h2-5,8-9H,6-7,10-11H2,1H3,(H2,20,23)(H2,21,22,24,26). The van der Waals surface area contributed by atoms with Crippen molar-refractivity contribution in [2.75, 3.05) is 26.9 Å². The van der Waals surface area contributed by atoms with E-state index in [1.54, 1.807) is 11.3 Å². The van der Waals surface area contributed by atoms with Gasteiger partial charge in [-0.3, -0.25) is 14.9 Å². The lowest BCUT2D eigenvalue weighted by Crippen LogP contribution is -2.42. The van der Waals surface area contributed by atoms with Gasteiger partial charge in [0.25, 0.3) is 11.8 Å². The number of benzene rings is 1. The first-order chi connectivity index (χ1) is 14.4. The van der Waals surface area contributed by atoms with E-state index in [2.05, 4.69) is 10.6 Å². The van der Waals surface area contributed by atoms with Gasteiger partial charge in [0.1, 0.15) is 0 Å². The van der Waals surface area contributed by atoms with Gasteiger partial charge in [0.15, 0.2) is 24.7 Å². The maximum Gasteiger partial charge on any atom is 0.338 e. The summed E-state index contributed by atoms with van der Waals surface area (Å²) in [5.41, 5.74) is 5.11. The van der Waals surface area contributed by atoms with Crippen LogP contribution in [0, 0.1) is 0 Å². The Hall–Kier alpha value is -3.60. The number of thiophene rings is 1. The van der Waals surface area contributed by atoms with Crippen LogP contribution in [0.25, 0.3) is 0 Å². The maximum absolute atomic E-state index is 12.1. The zero-order valence-electron chi connectivity index (χ0n) is 16.1. The molecular formula is C19H21N3O7S. The fraction of sp³-hybridized carbons (Fsp3) is 0.263. The molecule has 0 aliphatic heterocycles. The number of ether oxygens (including phenoxy) is 3. The Morgan fingerprint density at radius 3 is 2.57 bits per heavy atom. The quantitative estimate of drug-likeness (QED) is 0.469. The van der Waals surface area contributed by atoms with E-state index in [4.69, 9.17) is 19.9 Å². The Labute approximate surface area is 176 Å². The highest BCUT2D eigenvalue weighted by atomic mass is 32.1. The molecule has 0 fully saturated rings. The molecule has 1 aromatic carbocycles. The van der Waals surface area contributed by atoms with Gasteiger partial charge in [0.2, 0.25) is 0 Å². The van der Waals surface area contributed by atoms with Crippen molar-refractivity contribution >= 4 is 35.2 Å². The molecule has 0 saturated heterocycles. The van der Waals surface area contributed by atoms with Crippen molar-refractivity contribution in [2.24, 2.45) is 5.73 Å². The predicted molar refractivity (Wildman–Crippen MR) is 108 cm³/mol. The van der Waals surface area contributed by atoms with E-state index in [1.165, 1.54) is 25.3 Å². The van der Waals surface area contributed by atoms with E-state index in [1.807, 2.05) is 17.5 Å². The van der Waals surface area contributed by atoms with Gasteiger partial charge in [-0.05, 0) is 36.1 Å². The number of primary amides is 1. The topological polar surface area (TPSA) is 146 Å². The summed E-state index contributed by atoms with van der Waals surface area (Å²) < 4.78 is 15.1. The summed E-state index contributed by atoms with van der Waals surface area (Å²) in [6.07, 6.45) is 0.648. The van der Waals surface area contributed by atoms with Crippen LogP contribution in [-0.4, -0.2) is 50.7 Å². The van der Waals surface area contributed by atoms with Gasteiger partial charge in [0, 0.05) is 11.4 Å². The molecule has 0 aliphatic carbocycles. The summed E-state index contributed by atoms with van der Waals surface area (Å²) in [4.78, 5) is 47.5. The minimum absolute atomic E-state index is 0.0893. The molecule has 11 heteroatoms. The van der Waals surface area contributed by atoms with Crippen molar-refractivity contribution in [1.82, 2.24) is 10.6 Å². The molecule has 0 unspecified atom stereocenters. The molecule has 0 bridgehead atoms. The van der Waals surface area contributed by atoms with Crippen LogP contribution in [0.5, 0.6) is 11.5 Å². The van der Waals surface area contributed by atoms with Gasteiger partial charge in [0.05, 0.1) is 12.7 Å². The van der Waals surface area contributed by atoms with Crippen molar-refractivity contribution in [3.63, 3.8) is 0 Å². The highest BCUT2D eigenvalue weighted by molar-refractivity contribution is 7.09. The molecule has 1 aromatic heterocycles. The van der Waals surface area contributed by atoms with Gasteiger partial charge in [-0.15, -0.1) is 11.3 Å². The number of nitrogens with one attached hydrogen (secondary N) is 2. The van der Waals surface area contributed by atoms with Crippen LogP contribution in [0.1, 0.15) is 15.2 Å². The fourth-order valence-electron chi connectivity index (χ4n) is 2.24. The molecule has 10 nitrogen and oxygen atoms in total. The number of methoxy groups -OCH3 is 1. The van der Waals surface area contributed by atoms with Crippen molar-refractivity contribution in [1.29, 1.82) is 0 Å². The summed E-state index contributed by atoms with van der Waals surface area (Å²) >= 11 is 1.57. The third-order valence-electron chi connectivity index (χ3n) is 3.59. The van der Waals surface area contributed by atoms with Gasteiger partial charge < -0.3 is 25.3 Å². The average molecular weight is 435 g/mol. The Bertz CT molecular complexity index is 900. The molecule has 4 amide bonds. The second-order valence-electron chi connectivity index (χ2n) is 5.83. The van der Waals surface area contributed by atoms with Gasteiger partial charge >= 0.3 is 12.0 Å². The number of esters is 1. The molecule has 0 aliphatic rings. The van der Waals surface area contributed by atoms with Crippen LogP contribution in [0.15, 0.2) is 35.7 Å². The molecule has 0 radical (unpaired) electrons. The normalized spacial score (nSPS) is 10.0. The summed E-state index contributed by atoms with van der Waals surface area (Å²) in [7, 11) is 1.35. The number of carbonyl (C=O) groups excluding carboxylic acids is 4. The molecule has 160 valence electrons. The number of hydrogen-bond donors (Lipinski definition) is 3. The zero-order valence-corrected chi connectivity index (χ0v) is 17.0. The van der Waals surface area contributed by atoms with Gasteiger partial charge in [-0.2, -0.15) is 0 Å². The molecule has 1 heterocycles. The minimum Gasteiger partial charge on any atom is -0.493 e. The number of amides is 4. The van der Waals surface area contributed by atoms with Crippen LogP contribution in [0.4, 0.5) is 4.79 Å². The number of carbonyl (C=O) groups is 4. The number of imide groups is 1.